The smallest absolute Gasteiger partial charge is 0.326 e. The fourth-order valence-electron chi connectivity index (χ4n) is 3.19. The van der Waals surface area contributed by atoms with Gasteiger partial charge in [-0.3, -0.25) is 24.0 Å². The lowest BCUT2D eigenvalue weighted by molar-refractivity contribution is -0.143. The van der Waals surface area contributed by atoms with E-state index in [2.05, 4.69) is 16.0 Å². The Labute approximate surface area is 212 Å². The first-order valence-corrected chi connectivity index (χ1v) is 11.4. The number of carboxylic acid groups (broad SMARTS) is 2. The third kappa shape index (κ3) is 10.5. The molecule has 0 fully saturated rings. The second-order valence-electron chi connectivity index (χ2n) is 8.57. The van der Waals surface area contributed by atoms with Crippen LogP contribution >= 0.6 is 0 Å². The molecule has 0 unspecified atom stereocenters. The number of phenolic OH excluding ortho intramolecular Hbond substituents is 1. The van der Waals surface area contributed by atoms with Gasteiger partial charge in [-0.2, -0.15) is 0 Å². The minimum Gasteiger partial charge on any atom is -0.508 e. The first-order chi connectivity index (χ1) is 17.2. The molecule has 37 heavy (non-hydrogen) atoms. The summed E-state index contributed by atoms with van der Waals surface area (Å²) in [6.45, 7) is 3.50. The molecule has 10 N–H and O–H groups in total. The zero-order valence-corrected chi connectivity index (χ0v) is 20.5. The van der Waals surface area contributed by atoms with Crippen molar-refractivity contribution in [1.82, 2.24) is 16.0 Å². The van der Waals surface area contributed by atoms with Crippen molar-refractivity contribution in [2.45, 2.75) is 63.7 Å². The van der Waals surface area contributed by atoms with Crippen LogP contribution in [0.4, 0.5) is 0 Å². The highest BCUT2D eigenvalue weighted by atomic mass is 16.4. The number of aliphatic carboxylic acids is 2. The van der Waals surface area contributed by atoms with E-state index in [-0.39, 0.29) is 18.1 Å². The summed E-state index contributed by atoms with van der Waals surface area (Å²) in [5.74, 6) is -7.15. The van der Waals surface area contributed by atoms with Gasteiger partial charge in [-0.05, 0) is 23.6 Å². The van der Waals surface area contributed by atoms with E-state index in [1.807, 2.05) is 0 Å². The van der Waals surface area contributed by atoms with Gasteiger partial charge in [0, 0.05) is 6.42 Å². The molecule has 0 aliphatic rings. The minimum absolute atomic E-state index is 0.0494. The molecule has 0 aromatic heterocycles. The van der Waals surface area contributed by atoms with Crippen LogP contribution in [-0.2, 0) is 35.2 Å². The molecular formula is C23H33N5O9. The van der Waals surface area contributed by atoms with Crippen molar-refractivity contribution in [3.05, 3.63) is 29.8 Å². The normalized spacial score (nSPS) is 14.8. The van der Waals surface area contributed by atoms with E-state index in [0.29, 0.717) is 12.0 Å². The van der Waals surface area contributed by atoms with Crippen molar-refractivity contribution in [1.29, 1.82) is 0 Å². The van der Waals surface area contributed by atoms with Gasteiger partial charge in [0.2, 0.25) is 23.6 Å². The van der Waals surface area contributed by atoms with Gasteiger partial charge < -0.3 is 42.7 Å². The van der Waals surface area contributed by atoms with Crippen molar-refractivity contribution in [2.24, 2.45) is 17.4 Å². The lowest BCUT2D eigenvalue weighted by Gasteiger charge is -2.25. The fraction of sp³-hybridized carbons (Fsp3) is 0.478. The van der Waals surface area contributed by atoms with Crippen LogP contribution in [0, 0.1) is 5.92 Å². The van der Waals surface area contributed by atoms with Gasteiger partial charge in [0.05, 0.1) is 18.9 Å². The van der Waals surface area contributed by atoms with Crippen molar-refractivity contribution < 1.29 is 44.1 Å². The van der Waals surface area contributed by atoms with Gasteiger partial charge in [-0.1, -0.05) is 32.4 Å². The number of hydrogen-bond donors (Lipinski definition) is 8. The molecule has 1 aromatic rings. The Morgan fingerprint density at radius 1 is 0.838 bits per heavy atom. The number of nitrogens with two attached hydrogens (primary N) is 2. The zero-order valence-electron chi connectivity index (χ0n) is 20.5. The summed E-state index contributed by atoms with van der Waals surface area (Å²) in [5, 5.41) is 34.7. The predicted molar refractivity (Wildman–Crippen MR) is 129 cm³/mol. The lowest BCUT2D eigenvalue weighted by Crippen LogP contribution is -2.58. The molecule has 0 saturated carbocycles. The summed E-state index contributed by atoms with van der Waals surface area (Å²) in [4.78, 5) is 72.5. The molecular weight excluding hydrogens is 490 g/mol. The lowest BCUT2D eigenvalue weighted by atomic mass is 9.99. The average Bonchev–Trinajstić information content (AvgIpc) is 2.82. The topological polar surface area (TPSA) is 251 Å². The maximum Gasteiger partial charge on any atom is 0.326 e. The van der Waals surface area contributed by atoms with Gasteiger partial charge in [-0.15, -0.1) is 0 Å². The van der Waals surface area contributed by atoms with E-state index in [1.54, 1.807) is 13.8 Å². The van der Waals surface area contributed by atoms with Crippen molar-refractivity contribution in [2.75, 3.05) is 0 Å². The second-order valence-corrected chi connectivity index (χ2v) is 8.57. The Kier molecular flexibility index (Phi) is 12.0. The Morgan fingerprint density at radius 3 is 1.78 bits per heavy atom. The van der Waals surface area contributed by atoms with Crippen LogP contribution in [0.2, 0.25) is 0 Å². The van der Waals surface area contributed by atoms with E-state index in [1.165, 1.54) is 24.3 Å². The summed E-state index contributed by atoms with van der Waals surface area (Å²) in [5.41, 5.74) is 11.5. The zero-order chi connectivity index (χ0) is 28.3. The summed E-state index contributed by atoms with van der Waals surface area (Å²) in [7, 11) is 0. The highest BCUT2D eigenvalue weighted by molar-refractivity contribution is 5.97. The number of carbonyl (C=O) groups is 6. The maximum absolute atomic E-state index is 12.8. The fourth-order valence-corrected chi connectivity index (χ4v) is 3.19. The number of amides is 4. The van der Waals surface area contributed by atoms with Crippen LogP contribution in [0.15, 0.2) is 24.3 Å². The third-order valence-electron chi connectivity index (χ3n) is 5.60. The van der Waals surface area contributed by atoms with Crippen LogP contribution in [-0.4, -0.2) is 75.1 Å². The first-order valence-electron chi connectivity index (χ1n) is 11.4. The standard InChI is InChI=1S/C23H33N5O9/c1-3-11(2)19(25)22(35)27-14(9-17(24)30)20(33)26-15(10-18(31)32)21(34)28-16(23(36)37)8-12-4-6-13(29)7-5-12/h4-7,11,14-16,19,29H,3,8-10,25H2,1-2H3,(H2,24,30)(H,26,33)(H,27,35)(H,28,34)(H,31,32)(H,36,37)/t11-,14-,15-,16-,19-/m0/s1. The average molecular weight is 524 g/mol. The molecule has 0 aliphatic carbocycles. The van der Waals surface area contributed by atoms with Gasteiger partial charge in [0.15, 0.2) is 0 Å². The Morgan fingerprint density at radius 2 is 1.32 bits per heavy atom. The second kappa shape index (κ2) is 14.4. The highest BCUT2D eigenvalue weighted by Crippen LogP contribution is 2.12. The molecule has 0 heterocycles. The van der Waals surface area contributed by atoms with E-state index in [4.69, 9.17) is 11.5 Å². The Bertz CT molecular complexity index is 999. The largest absolute Gasteiger partial charge is 0.508 e. The molecule has 14 heteroatoms. The van der Waals surface area contributed by atoms with E-state index < -0.39 is 72.6 Å². The van der Waals surface area contributed by atoms with Crippen molar-refractivity contribution >= 4 is 35.6 Å². The summed E-state index contributed by atoms with van der Waals surface area (Å²) < 4.78 is 0. The highest BCUT2D eigenvalue weighted by Gasteiger charge is 2.33. The number of benzene rings is 1. The Hall–Kier alpha value is -4.20. The predicted octanol–water partition coefficient (Wildman–Crippen LogP) is -1.80. The number of carboxylic acids is 2. The quantitative estimate of drug-likeness (QED) is 0.128. The van der Waals surface area contributed by atoms with Crippen LogP contribution in [0.3, 0.4) is 0 Å². The molecule has 0 aliphatic heterocycles. The third-order valence-corrected chi connectivity index (χ3v) is 5.60. The summed E-state index contributed by atoms with van der Waals surface area (Å²) in [6.07, 6.45) is -1.24. The van der Waals surface area contributed by atoms with Gasteiger partial charge in [0.1, 0.15) is 23.9 Å². The summed E-state index contributed by atoms with van der Waals surface area (Å²) >= 11 is 0. The van der Waals surface area contributed by atoms with Gasteiger partial charge in [-0.25, -0.2) is 4.79 Å². The molecule has 204 valence electrons. The molecule has 1 aromatic carbocycles. The maximum atomic E-state index is 12.8. The molecule has 4 amide bonds. The monoisotopic (exact) mass is 523 g/mol. The number of carbonyl (C=O) groups excluding carboxylic acids is 4. The van der Waals surface area contributed by atoms with Crippen molar-refractivity contribution in [3.63, 3.8) is 0 Å². The van der Waals surface area contributed by atoms with Crippen molar-refractivity contribution in [3.8, 4) is 5.75 Å². The number of rotatable bonds is 15. The van der Waals surface area contributed by atoms with Crippen LogP contribution < -0.4 is 27.4 Å². The first kappa shape index (κ1) is 30.8. The number of phenols is 1. The van der Waals surface area contributed by atoms with Gasteiger partial charge in [0.25, 0.3) is 0 Å². The van der Waals surface area contributed by atoms with E-state index in [0.717, 1.165) is 0 Å². The minimum atomic E-state index is -1.75. The SMILES string of the molecule is CC[C@H](C)[C@H](N)C(=O)N[C@@H](CC(N)=O)C(=O)N[C@@H](CC(=O)O)C(=O)N[C@@H](Cc1ccc(O)cc1)C(=O)O. The molecule has 5 atom stereocenters. The van der Waals surface area contributed by atoms with Gasteiger partial charge >= 0.3 is 11.9 Å². The number of nitrogens with one attached hydrogen (secondary N) is 3. The molecule has 0 saturated heterocycles. The molecule has 0 bridgehead atoms. The number of primary amides is 1. The van der Waals surface area contributed by atoms with Crippen LogP contribution in [0.1, 0.15) is 38.7 Å². The Balaban J connectivity index is 3.05. The molecule has 0 radical (unpaired) electrons. The van der Waals surface area contributed by atoms with Crippen LogP contribution in [0.5, 0.6) is 5.75 Å². The van der Waals surface area contributed by atoms with Crippen LogP contribution in [0.25, 0.3) is 0 Å². The molecule has 0 spiro atoms. The van der Waals surface area contributed by atoms with E-state index >= 15 is 0 Å². The summed E-state index contributed by atoms with van der Waals surface area (Å²) in [6, 6.07) is -0.293. The molecule has 14 nitrogen and oxygen atoms in total. The number of hydrogen-bond acceptors (Lipinski definition) is 8. The molecule has 1 rings (SSSR count). The van der Waals surface area contributed by atoms with E-state index in [9.17, 15) is 44.1 Å². The number of aromatic hydroxyl groups is 1.